The van der Waals surface area contributed by atoms with Gasteiger partial charge in [0, 0.05) is 31.2 Å². The molecule has 5 nitrogen and oxygen atoms in total. The van der Waals surface area contributed by atoms with Crippen molar-refractivity contribution in [3.8, 4) is 0 Å². The number of sulfone groups is 1. The van der Waals surface area contributed by atoms with Crippen molar-refractivity contribution in [3.05, 3.63) is 29.3 Å². The Bertz CT molecular complexity index is 593. The van der Waals surface area contributed by atoms with Crippen LogP contribution in [-0.4, -0.2) is 62.6 Å². The van der Waals surface area contributed by atoms with Crippen LogP contribution in [0.25, 0.3) is 0 Å². The number of hydrogen-bond acceptors (Lipinski definition) is 4. The van der Waals surface area contributed by atoms with Gasteiger partial charge in [-0.3, -0.25) is 4.79 Å². The fraction of sp³-hybridized carbons (Fsp3) is 0.500. The number of hydrogen-bond donors (Lipinski definition) is 0. The van der Waals surface area contributed by atoms with Crippen molar-refractivity contribution in [2.24, 2.45) is 0 Å². The van der Waals surface area contributed by atoms with E-state index < -0.39 is 15.6 Å². The van der Waals surface area contributed by atoms with Crippen LogP contribution in [0.1, 0.15) is 6.92 Å². The van der Waals surface area contributed by atoms with Crippen LogP contribution < -0.4 is 0 Å². The van der Waals surface area contributed by atoms with Crippen molar-refractivity contribution in [2.45, 2.75) is 11.8 Å². The van der Waals surface area contributed by atoms with Crippen molar-refractivity contribution in [2.75, 3.05) is 38.5 Å². The lowest BCUT2D eigenvalue weighted by Gasteiger charge is -2.34. The quantitative estimate of drug-likeness (QED) is 0.834. The monoisotopic (exact) mass is 330 g/mol. The Balaban J connectivity index is 2.00. The van der Waals surface area contributed by atoms with Crippen molar-refractivity contribution >= 4 is 27.3 Å². The summed E-state index contributed by atoms with van der Waals surface area (Å²) in [6.45, 7) is 5.78. The minimum Gasteiger partial charge on any atom is -0.339 e. The second-order valence-electron chi connectivity index (χ2n) is 5.03. The molecular weight excluding hydrogens is 312 g/mol. The Morgan fingerprint density at radius 1 is 1.14 bits per heavy atom. The Labute approximate surface area is 130 Å². The Morgan fingerprint density at radius 3 is 2.24 bits per heavy atom. The Morgan fingerprint density at radius 2 is 1.71 bits per heavy atom. The summed E-state index contributed by atoms with van der Waals surface area (Å²) in [5.74, 6) is -0.818. The molecular formula is C14H19ClN2O3S. The summed E-state index contributed by atoms with van der Waals surface area (Å²) in [4.78, 5) is 16.1. The average Bonchev–Trinajstić information content (AvgIpc) is 2.47. The fourth-order valence-corrected chi connectivity index (χ4v) is 3.64. The van der Waals surface area contributed by atoms with E-state index in [9.17, 15) is 13.2 Å². The van der Waals surface area contributed by atoms with Gasteiger partial charge in [-0.2, -0.15) is 0 Å². The van der Waals surface area contributed by atoms with Gasteiger partial charge in [-0.15, -0.1) is 0 Å². The van der Waals surface area contributed by atoms with E-state index in [1.165, 1.54) is 24.3 Å². The summed E-state index contributed by atoms with van der Waals surface area (Å²) in [5.41, 5.74) is 0. The van der Waals surface area contributed by atoms with Gasteiger partial charge in [0.25, 0.3) is 0 Å². The van der Waals surface area contributed by atoms with E-state index in [4.69, 9.17) is 11.6 Å². The molecule has 1 aromatic rings. The van der Waals surface area contributed by atoms with E-state index in [1.807, 2.05) is 0 Å². The first-order valence-corrected chi connectivity index (χ1v) is 8.94. The zero-order valence-corrected chi connectivity index (χ0v) is 13.5. The van der Waals surface area contributed by atoms with Crippen molar-refractivity contribution < 1.29 is 13.2 Å². The van der Waals surface area contributed by atoms with Crippen LogP contribution in [0.3, 0.4) is 0 Å². The molecule has 1 aliphatic heterocycles. The molecule has 0 spiro atoms. The molecule has 1 aliphatic rings. The molecule has 0 saturated carbocycles. The maximum Gasteiger partial charge on any atom is 0.238 e. The molecule has 21 heavy (non-hydrogen) atoms. The molecule has 0 atom stereocenters. The summed E-state index contributed by atoms with van der Waals surface area (Å²) in [5, 5.41) is 0.468. The van der Waals surface area contributed by atoms with Crippen LogP contribution in [0.4, 0.5) is 0 Å². The van der Waals surface area contributed by atoms with Gasteiger partial charge in [0.2, 0.25) is 5.91 Å². The number of benzene rings is 1. The van der Waals surface area contributed by atoms with E-state index in [1.54, 1.807) is 4.90 Å². The normalized spacial score (nSPS) is 17.0. The second-order valence-corrected chi connectivity index (χ2v) is 7.45. The third-order valence-corrected chi connectivity index (χ3v) is 5.53. The topological polar surface area (TPSA) is 57.7 Å². The zero-order valence-electron chi connectivity index (χ0n) is 12.0. The fourth-order valence-electron chi connectivity index (χ4n) is 2.29. The number of carbonyl (C=O) groups excluding carboxylic acids is 1. The number of nitrogens with zero attached hydrogens (tertiary/aromatic N) is 2. The summed E-state index contributed by atoms with van der Waals surface area (Å²) in [6, 6.07) is 5.89. The number of likely N-dealkylation sites (N-methyl/N-ethyl adjacent to an activating group) is 1. The largest absolute Gasteiger partial charge is 0.339 e. The lowest BCUT2D eigenvalue weighted by Crippen LogP contribution is -2.49. The van der Waals surface area contributed by atoms with Crippen LogP contribution in [0, 0.1) is 0 Å². The highest BCUT2D eigenvalue weighted by molar-refractivity contribution is 7.92. The minimum absolute atomic E-state index is 0.132. The van der Waals surface area contributed by atoms with Crippen LogP contribution in [0.2, 0.25) is 5.02 Å². The van der Waals surface area contributed by atoms with Gasteiger partial charge in [-0.05, 0) is 30.8 Å². The Hall–Kier alpha value is -1.11. The predicted molar refractivity (Wildman–Crippen MR) is 82.2 cm³/mol. The standard InChI is InChI=1S/C14H19ClN2O3S/c1-2-16-7-9-17(10-8-16)14(18)11-21(19,20)13-5-3-12(15)4-6-13/h3-6H,2,7-11H2,1H3. The predicted octanol–water partition coefficient (Wildman–Crippen LogP) is 1.28. The smallest absolute Gasteiger partial charge is 0.238 e. The van der Waals surface area contributed by atoms with Crippen LogP contribution in [0.5, 0.6) is 0 Å². The first-order chi connectivity index (χ1) is 9.92. The molecule has 0 bridgehead atoms. The van der Waals surface area contributed by atoms with Gasteiger partial charge < -0.3 is 9.80 Å². The van der Waals surface area contributed by atoms with Crippen molar-refractivity contribution in [3.63, 3.8) is 0 Å². The molecule has 0 N–H and O–H groups in total. The highest BCUT2D eigenvalue weighted by atomic mass is 35.5. The highest BCUT2D eigenvalue weighted by Gasteiger charge is 2.25. The molecule has 0 aromatic heterocycles. The van der Waals surface area contributed by atoms with Gasteiger partial charge in [0.15, 0.2) is 9.84 Å². The molecule has 2 rings (SSSR count). The Kier molecular flexibility index (Phi) is 5.24. The van der Waals surface area contributed by atoms with Gasteiger partial charge >= 0.3 is 0 Å². The number of carbonyl (C=O) groups is 1. The highest BCUT2D eigenvalue weighted by Crippen LogP contribution is 2.16. The molecule has 1 amide bonds. The van der Waals surface area contributed by atoms with Gasteiger partial charge in [0.05, 0.1) is 4.90 Å². The molecule has 1 heterocycles. The molecule has 0 radical (unpaired) electrons. The minimum atomic E-state index is -3.61. The maximum atomic E-state index is 12.2. The third kappa shape index (κ3) is 4.18. The lowest BCUT2D eigenvalue weighted by atomic mass is 10.3. The van der Waals surface area contributed by atoms with Crippen LogP contribution >= 0.6 is 11.6 Å². The van der Waals surface area contributed by atoms with Crippen molar-refractivity contribution in [1.29, 1.82) is 0 Å². The average molecular weight is 331 g/mol. The SMILES string of the molecule is CCN1CCN(C(=O)CS(=O)(=O)c2ccc(Cl)cc2)CC1. The number of halogens is 1. The molecule has 1 saturated heterocycles. The third-order valence-electron chi connectivity index (χ3n) is 3.66. The van der Waals surface area contributed by atoms with E-state index >= 15 is 0 Å². The van der Waals surface area contributed by atoms with Crippen LogP contribution in [0.15, 0.2) is 29.2 Å². The van der Waals surface area contributed by atoms with Gasteiger partial charge in [-0.25, -0.2) is 8.42 Å². The summed E-state index contributed by atoms with van der Waals surface area (Å²) in [6.07, 6.45) is 0. The summed E-state index contributed by atoms with van der Waals surface area (Å²) < 4.78 is 24.4. The number of amides is 1. The molecule has 116 valence electrons. The van der Waals surface area contributed by atoms with E-state index in [2.05, 4.69) is 11.8 Å². The van der Waals surface area contributed by atoms with E-state index in [-0.39, 0.29) is 10.8 Å². The van der Waals surface area contributed by atoms with Crippen LogP contribution in [-0.2, 0) is 14.6 Å². The molecule has 1 fully saturated rings. The first kappa shape index (κ1) is 16.3. The molecule has 7 heteroatoms. The first-order valence-electron chi connectivity index (χ1n) is 6.91. The summed E-state index contributed by atoms with van der Waals surface area (Å²) in [7, 11) is -3.61. The van der Waals surface area contributed by atoms with Gasteiger partial charge in [-0.1, -0.05) is 18.5 Å². The van der Waals surface area contributed by atoms with Gasteiger partial charge in [0.1, 0.15) is 5.75 Å². The second kappa shape index (κ2) is 6.77. The van der Waals surface area contributed by atoms with E-state index in [0.29, 0.717) is 18.1 Å². The lowest BCUT2D eigenvalue weighted by molar-refractivity contribution is -0.130. The zero-order chi connectivity index (χ0) is 15.5. The number of rotatable bonds is 4. The maximum absolute atomic E-state index is 12.2. The number of piperazine rings is 1. The molecule has 0 aliphatic carbocycles. The summed E-state index contributed by atoms with van der Waals surface area (Å²) >= 11 is 5.74. The molecule has 1 aromatic carbocycles. The van der Waals surface area contributed by atoms with E-state index in [0.717, 1.165) is 19.6 Å². The van der Waals surface area contributed by atoms with Crippen molar-refractivity contribution in [1.82, 2.24) is 9.80 Å². The molecule has 0 unspecified atom stereocenters.